The number of nitriles is 1. The maximum atomic E-state index is 12.6. The van der Waals surface area contributed by atoms with Crippen LogP contribution in [0.3, 0.4) is 0 Å². The van der Waals surface area contributed by atoms with E-state index >= 15 is 0 Å². The van der Waals surface area contributed by atoms with Gasteiger partial charge in [-0.05, 0) is 50.8 Å². The third-order valence-corrected chi connectivity index (χ3v) is 6.73. The van der Waals surface area contributed by atoms with Crippen LogP contribution in [0.1, 0.15) is 48.1 Å². The van der Waals surface area contributed by atoms with E-state index in [0.29, 0.717) is 49.7 Å². The van der Waals surface area contributed by atoms with Crippen LogP contribution in [0.4, 0.5) is 18.2 Å². The predicted molar refractivity (Wildman–Crippen MR) is 107 cm³/mol. The Hall–Kier alpha value is -1.63. The molecule has 3 rings (SSSR count). The number of hydrogen-bond acceptors (Lipinski definition) is 5. The molecule has 1 aliphatic carbocycles. The zero-order valence-corrected chi connectivity index (χ0v) is 17.3. The Bertz CT molecular complexity index is 756. The van der Waals surface area contributed by atoms with Gasteiger partial charge in [-0.1, -0.05) is 6.42 Å². The lowest BCUT2D eigenvalue weighted by atomic mass is 10.1. The molecule has 2 aliphatic rings. The van der Waals surface area contributed by atoms with E-state index in [2.05, 4.69) is 11.4 Å². The van der Waals surface area contributed by atoms with Crippen molar-refractivity contribution in [2.45, 2.75) is 51.1 Å². The third kappa shape index (κ3) is 6.43. The van der Waals surface area contributed by atoms with Crippen molar-refractivity contribution in [1.29, 1.82) is 5.26 Å². The Morgan fingerprint density at radius 1 is 1.07 bits per heavy atom. The van der Waals surface area contributed by atoms with Crippen molar-refractivity contribution in [1.82, 2.24) is 9.80 Å². The van der Waals surface area contributed by atoms with Gasteiger partial charge in [-0.15, -0.1) is 11.3 Å². The van der Waals surface area contributed by atoms with E-state index in [1.54, 1.807) is 0 Å². The molecular formula is C20H27F3N4OS. The molecule has 0 saturated carbocycles. The van der Waals surface area contributed by atoms with E-state index < -0.39 is 12.7 Å². The van der Waals surface area contributed by atoms with Gasteiger partial charge in [-0.3, -0.25) is 9.69 Å². The Balaban J connectivity index is 1.50. The van der Waals surface area contributed by atoms with Crippen molar-refractivity contribution in [3.8, 4) is 6.07 Å². The highest BCUT2D eigenvalue weighted by molar-refractivity contribution is 7.16. The van der Waals surface area contributed by atoms with Crippen LogP contribution in [-0.4, -0.2) is 61.2 Å². The van der Waals surface area contributed by atoms with Crippen molar-refractivity contribution < 1.29 is 18.0 Å². The highest BCUT2D eigenvalue weighted by Gasteiger charge is 2.31. The second-order valence-corrected chi connectivity index (χ2v) is 8.87. The summed E-state index contributed by atoms with van der Waals surface area (Å²) in [6.07, 6.45) is 1.98. The monoisotopic (exact) mass is 428 g/mol. The summed E-state index contributed by atoms with van der Waals surface area (Å²) in [5.74, 6) is -0.144. The van der Waals surface area contributed by atoms with Gasteiger partial charge >= 0.3 is 6.18 Å². The number of rotatable bonds is 5. The first-order valence-corrected chi connectivity index (χ1v) is 11.0. The van der Waals surface area contributed by atoms with Crippen molar-refractivity contribution in [3.05, 3.63) is 16.0 Å². The summed E-state index contributed by atoms with van der Waals surface area (Å²) in [5.41, 5.74) is 1.71. The van der Waals surface area contributed by atoms with E-state index in [4.69, 9.17) is 0 Å². The van der Waals surface area contributed by atoms with Gasteiger partial charge in [0.1, 0.15) is 11.1 Å². The number of hydrogen-bond donors (Lipinski definition) is 1. The second-order valence-electron chi connectivity index (χ2n) is 7.77. The Labute approximate surface area is 173 Å². The second kappa shape index (κ2) is 9.92. The zero-order valence-electron chi connectivity index (χ0n) is 16.5. The van der Waals surface area contributed by atoms with Crippen LogP contribution < -0.4 is 5.32 Å². The maximum Gasteiger partial charge on any atom is 0.401 e. The maximum absolute atomic E-state index is 12.6. The van der Waals surface area contributed by atoms with Gasteiger partial charge in [-0.25, -0.2) is 0 Å². The SMILES string of the molecule is N#Cc1c(NC(=O)CCN2CCCN(CC(F)(F)F)CC2)sc2c1CCCCC2. The molecular weight excluding hydrogens is 401 g/mol. The number of amides is 1. The van der Waals surface area contributed by atoms with Crippen LogP contribution in [0.25, 0.3) is 0 Å². The fourth-order valence-corrected chi connectivity index (χ4v) is 5.31. The molecule has 29 heavy (non-hydrogen) atoms. The highest BCUT2D eigenvalue weighted by atomic mass is 32.1. The molecule has 1 aromatic rings. The number of nitrogens with one attached hydrogen (secondary N) is 1. The lowest BCUT2D eigenvalue weighted by molar-refractivity contribution is -0.145. The van der Waals surface area contributed by atoms with E-state index in [9.17, 15) is 23.2 Å². The number of carbonyl (C=O) groups excluding carboxylic acids is 1. The molecule has 0 unspecified atom stereocenters. The lowest BCUT2D eigenvalue weighted by Gasteiger charge is -2.22. The molecule has 160 valence electrons. The van der Waals surface area contributed by atoms with Crippen molar-refractivity contribution >= 4 is 22.2 Å². The Kier molecular flexibility index (Phi) is 7.55. The molecule has 2 heterocycles. The zero-order chi connectivity index (χ0) is 20.9. The van der Waals surface area contributed by atoms with Gasteiger partial charge in [0.05, 0.1) is 12.1 Å². The average molecular weight is 429 g/mol. The van der Waals surface area contributed by atoms with E-state index in [0.717, 1.165) is 31.2 Å². The van der Waals surface area contributed by atoms with Crippen molar-refractivity contribution in [2.75, 3.05) is 44.6 Å². The molecule has 0 atom stereocenters. The fraction of sp³-hybridized carbons (Fsp3) is 0.700. The number of carbonyl (C=O) groups is 1. The molecule has 0 bridgehead atoms. The number of nitrogens with zero attached hydrogens (tertiary/aromatic N) is 3. The highest BCUT2D eigenvalue weighted by Crippen LogP contribution is 2.37. The van der Waals surface area contributed by atoms with Crippen molar-refractivity contribution in [2.24, 2.45) is 0 Å². The summed E-state index contributed by atoms with van der Waals surface area (Å²) in [5, 5.41) is 13.1. The standard InChI is InChI=1S/C20H27F3N4OS/c21-20(22,23)14-27-9-4-8-26(11-12-27)10-7-18(28)25-19-16(13-24)15-5-2-1-3-6-17(15)29-19/h1-12,14H2,(H,25,28). The molecule has 1 aromatic heterocycles. The predicted octanol–water partition coefficient (Wildman–Crippen LogP) is 3.79. The van der Waals surface area contributed by atoms with Gasteiger partial charge in [0.25, 0.3) is 0 Å². The first kappa shape index (κ1) is 22.1. The summed E-state index contributed by atoms with van der Waals surface area (Å²) in [6.45, 7) is 1.64. The quantitative estimate of drug-likeness (QED) is 0.725. The van der Waals surface area contributed by atoms with Gasteiger partial charge < -0.3 is 10.2 Å². The molecule has 1 N–H and O–H groups in total. The van der Waals surface area contributed by atoms with Gasteiger partial charge in [0, 0.05) is 30.9 Å². The first-order valence-electron chi connectivity index (χ1n) is 10.2. The number of aryl methyl sites for hydroxylation is 1. The van der Waals surface area contributed by atoms with E-state index in [-0.39, 0.29) is 12.3 Å². The van der Waals surface area contributed by atoms with Crippen LogP contribution in [0, 0.1) is 11.3 Å². The number of alkyl halides is 3. The summed E-state index contributed by atoms with van der Waals surface area (Å²) in [7, 11) is 0. The van der Waals surface area contributed by atoms with Crippen molar-refractivity contribution in [3.63, 3.8) is 0 Å². The number of thiophene rings is 1. The van der Waals surface area contributed by atoms with E-state index in [1.165, 1.54) is 27.5 Å². The van der Waals surface area contributed by atoms with Gasteiger partial charge in [-0.2, -0.15) is 18.4 Å². The summed E-state index contributed by atoms with van der Waals surface area (Å²) in [4.78, 5) is 17.1. The fourth-order valence-electron chi connectivity index (χ4n) is 4.06. The minimum atomic E-state index is -4.17. The van der Waals surface area contributed by atoms with Gasteiger partial charge in [0.2, 0.25) is 5.91 Å². The van der Waals surface area contributed by atoms with Crippen LogP contribution in [0.5, 0.6) is 0 Å². The summed E-state index contributed by atoms with van der Waals surface area (Å²) in [6, 6.07) is 2.26. The van der Waals surface area contributed by atoms with Crippen LogP contribution in [0.15, 0.2) is 0 Å². The van der Waals surface area contributed by atoms with Crippen LogP contribution >= 0.6 is 11.3 Å². The number of halogens is 3. The number of fused-ring (bicyclic) bond motifs is 1. The van der Waals surface area contributed by atoms with Crippen LogP contribution in [-0.2, 0) is 17.6 Å². The molecule has 0 aromatic carbocycles. The van der Waals surface area contributed by atoms with E-state index in [1.807, 2.05) is 4.90 Å². The minimum Gasteiger partial charge on any atom is -0.317 e. The topological polar surface area (TPSA) is 59.4 Å². The average Bonchev–Trinajstić information content (AvgIpc) is 2.83. The van der Waals surface area contributed by atoms with Crippen LogP contribution in [0.2, 0.25) is 0 Å². The minimum absolute atomic E-state index is 0.144. The Morgan fingerprint density at radius 3 is 2.55 bits per heavy atom. The third-order valence-electron chi connectivity index (χ3n) is 5.53. The van der Waals surface area contributed by atoms with Gasteiger partial charge in [0.15, 0.2) is 0 Å². The summed E-state index contributed by atoms with van der Waals surface area (Å²) >= 11 is 1.52. The number of anilines is 1. The molecule has 1 saturated heterocycles. The first-order chi connectivity index (χ1) is 13.9. The molecule has 9 heteroatoms. The molecule has 0 radical (unpaired) electrons. The molecule has 1 fully saturated rings. The molecule has 0 spiro atoms. The largest absolute Gasteiger partial charge is 0.401 e. The Morgan fingerprint density at radius 2 is 1.79 bits per heavy atom. The summed E-state index contributed by atoms with van der Waals surface area (Å²) < 4.78 is 37.7. The normalized spacial score (nSPS) is 19.1. The molecule has 1 aliphatic heterocycles. The lowest BCUT2D eigenvalue weighted by Crippen LogP contribution is -2.37. The smallest absolute Gasteiger partial charge is 0.317 e. The molecule has 5 nitrogen and oxygen atoms in total. The molecule has 1 amide bonds.